The Bertz CT molecular complexity index is 604. The molecule has 2 aromatic rings. The molecule has 0 spiro atoms. The van der Waals surface area contributed by atoms with Gasteiger partial charge in [-0.2, -0.15) is 0 Å². The van der Waals surface area contributed by atoms with E-state index in [4.69, 9.17) is 4.98 Å². The van der Waals surface area contributed by atoms with Crippen molar-refractivity contribution in [3.63, 3.8) is 0 Å². The van der Waals surface area contributed by atoms with Crippen LogP contribution in [-0.4, -0.2) is 17.0 Å². The lowest BCUT2D eigenvalue weighted by molar-refractivity contribution is 0.564. The fourth-order valence-electron chi connectivity index (χ4n) is 1.66. The smallest absolute Gasteiger partial charge is 0.173 e. The largest absolute Gasteiger partial charge is 0.372 e. The van der Waals surface area contributed by atoms with Crippen LogP contribution >= 0.6 is 49.9 Å². The summed E-state index contributed by atoms with van der Waals surface area (Å²) >= 11 is 7.51. The van der Waals surface area contributed by atoms with Crippen LogP contribution in [0.5, 0.6) is 0 Å². The van der Waals surface area contributed by atoms with E-state index in [1.807, 2.05) is 18.5 Å². The predicted octanol–water partition coefficient (Wildman–Crippen LogP) is 4.91. The highest BCUT2D eigenvalue weighted by molar-refractivity contribution is 14.1. The van der Waals surface area contributed by atoms with E-state index < -0.39 is 0 Å². The van der Waals surface area contributed by atoms with Gasteiger partial charge in [0.2, 0.25) is 0 Å². The highest BCUT2D eigenvalue weighted by Gasteiger charge is 2.24. The van der Waals surface area contributed by atoms with Gasteiger partial charge in [-0.3, -0.25) is 0 Å². The summed E-state index contributed by atoms with van der Waals surface area (Å²) < 4.78 is 2.13. The summed E-state index contributed by atoms with van der Waals surface area (Å²) in [6, 6.07) is 2.02. The van der Waals surface area contributed by atoms with Crippen LogP contribution in [0, 0.1) is 3.57 Å². The van der Waals surface area contributed by atoms with E-state index in [1.165, 1.54) is 0 Å². The van der Waals surface area contributed by atoms with Gasteiger partial charge in [0.05, 0.1) is 14.1 Å². The average molecular weight is 452 g/mol. The van der Waals surface area contributed by atoms with Gasteiger partial charge in [0, 0.05) is 16.9 Å². The van der Waals surface area contributed by atoms with Crippen LogP contribution in [0.4, 0.5) is 5.82 Å². The van der Waals surface area contributed by atoms with Crippen LogP contribution in [0.15, 0.2) is 15.9 Å². The Hall–Kier alpha value is -0.210. The SMILES string of the molecule is CNc1nc(-c2sccc2Br)nc(C(C)(C)C)c1I. The molecule has 0 unspecified atom stereocenters. The molecular weight excluding hydrogens is 437 g/mol. The maximum Gasteiger partial charge on any atom is 0.173 e. The van der Waals surface area contributed by atoms with Crippen molar-refractivity contribution in [3.05, 3.63) is 25.2 Å². The van der Waals surface area contributed by atoms with Gasteiger partial charge in [-0.05, 0) is 50.0 Å². The topological polar surface area (TPSA) is 37.8 Å². The standard InChI is InChI=1S/C13H15BrIN3S/c1-13(2,3)10-8(15)11(16-4)18-12(17-10)9-7(14)5-6-19-9/h5-6H,1-4H3,(H,16,17,18). The number of anilines is 1. The van der Waals surface area contributed by atoms with E-state index in [9.17, 15) is 0 Å². The molecule has 102 valence electrons. The Morgan fingerprint density at radius 1 is 1.32 bits per heavy atom. The summed E-state index contributed by atoms with van der Waals surface area (Å²) in [6.07, 6.45) is 0. The summed E-state index contributed by atoms with van der Waals surface area (Å²) in [7, 11) is 1.89. The Morgan fingerprint density at radius 2 is 2.00 bits per heavy atom. The van der Waals surface area contributed by atoms with Crippen molar-refractivity contribution < 1.29 is 0 Å². The third kappa shape index (κ3) is 3.11. The minimum absolute atomic E-state index is 0.0104. The van der Waals surface area contributed by atoms with Crippen LogP contribution in [-0.2, 0) is 5.41 Å². The Balaban J connectivity index is 2.68. The van der Waals surface area contributed by atoms with E-state index in [1.54, 1.807) is 11.3 Å². The number of nitrogens with one attached hydrogen (secondary N) is 1. The van der Waals surface area contributed by atoms with E-state index in [2.05, 4.69) is 69.6 Å². The van der Waals surface area contributed by atoms with Gasteiger partial charge < -0.3 is 5.32 Å². The summed E-state index contributed by atoms with van der Waals surface area (Å²) in [5.74, 6) is 1.66. The Labute approximate surface area is 139 Å². The van der Waals surface area contributed by atoms with Crippen molar-refractivity contribution in [2.24, 2.45) is 0 Å². The second-order valence-corrected chi connectivity index (χ2v) is 8.01. The number of hydrogen-bond donors (Lipinski definition) is 1. The molecule has 6 heteroatoms. The number of hydrogen-bond acceptors (Lipinski definition) is 4. The van der Waals surface area contributed by atoms with Crippen molar-refractivity contribution in [3.8, 4) is 10.7 Å². The van der Waals surface area contributed by atoms with E-state index >= 15 is 0 Å². The normalized spacial score (nSPS) is 11.7. The summed E-state index contributed by atoms with van der Waals surface area (Å²) in [5.41, 5.74) is 1.06. The van der Waals surface area contributed by atoms with Crippen molar-refractivity contribution in [1.82, 2.24) is 9.97 Å². The lowest BCUT2D eigenvalue weighted by Crippen LogP contribution is -2.18. The van der Waals surface area contributed by atoms with Gasteiger partial charge >= 0.3 is 0 Å². The van der Waals surface area contributed by atoms with Crippen molar-refractivity contribution in [2.45, 2.75) is 26.2 Å². The molecule has 2 rings (SSSR count). The van der Waals surface area contributed by atoms with Crippen LogP contribution in [0.3, 0.4) is 0 Å². The summed E-state index contributed by atoms with van der Waals surface area (Å²) in [4.78, 5) is 10.5. The highest BCUT2D eigenvalue weighted by Crippen LogP contribution is 2.35. The summed E-state index contributed by atoms with van der Waals surface area (Å²) in [6.45, 7) is 6.51. The van der Waals surface area contributed by atoms with Gasteiger partial charge in [-0.25, -0.2) is 9.97 Å². The number of rotatable bonds is 2. The molecule has 0 saturated carbocycles. The maximum atomic E-state index is 4.78. The van der Waals surface area contributed by atoms with Gasteiger partial charge in [-0.1, -0.05) is 20.8 Å². The average Bonchev–Trinajstić information content (AvgIpc) is 2.74. The molecule has 0 aliphatic rings. The van der Waals surface area contributed by atoms with E-state index in [0.717, 1.165) is 30.3 Å². The minimum Gasteiger partial charge on any atom is -0.372 e. The highest BCUT2D eigenvalue weighted by atomic mass is 127. The van der Waals surface area contributed by atoms with Crippen molar-refractivity contribution in [1.29, 1.82) is 0 Å². The van der Waals surface area contributed by atoms with E-state index in [-0.39, 0.29) is 5.41 Å². The number of nitrogens with zero attached hydrogens (tertiary/aromatic N) is 2. The molecule has 0 aromatic carbocycles. The van der Waals surface area contributed by atoms with Crippen LogP contribution < -0.4 is 5.32 Å². The van der Waals surface area contributed by atoms with Gasteiger partial charge in [-0.15, -0.1) is 11.3 Å². The molecule has 0 saturated heterocycles. The van der Waals surface area contributed by atoms with Crippen LogP contribution in [0.2, 0.25) is 0 Å². The van der Waals surface area contributed by atoms with Crippen LogP contribution in [0.25, 0.3) is 10.7 Å². The molecular formula is C13H15BrIN3S. The molecule has 0 aliphatic carbocycles. The number of aromatic nitrogens is 2. The molecule has 3 nitrogen and oxygen atoms in total. The molecule has 0 aliphatic heterocycles. The molecule has 0 radical (unpaired) electrons. The third-order valence-corrected chi connectivity index (χ3v) is 5.47. The lowest BCUT2D eigenvalue weighted by atomic mass is 9.92. The van der Waals surface area contributed by atoms with Crippen LogP contribution in [0.1, 0.15) is 26.5 Å². The third-order valence-electron chi connectivity index (χ3n) is 2.62. The fraction of sp³-hybridized carbons (Fsp3) is 0.385. The minimum atomic E-state index is -0.0104. The summed E-state index contributed by atoms with van der Waals surface area (Å²) in [5, 5.41) is 5.20. The maximum absolute atomic E-state index is 4.78. The van der Waals surface area contributed by atoms with Gasteiger partial charge in [0.15, 0.2) is 5.82 Å². The second kappa shape index (κ2) is 5.65. The number of thiophene rings is 1. The van der Waals surface area contributed by atoms with Gasteiger partial charge in [0.1, 0.15) is 5.82 Å². The molecule has 19 heavy (non-hydrogen) atoms. The first-order valence-corrected chi connectivity index (χ1v) is 8.59. The Kier molecular flexibility index (Phi) is 4.52. The molecule has 2 heterocycles. The molecule has 0 amide bonds. The fourth-order valence-corrected chi connectivity index (χ4v) is 4.47. The lowest BCUT2D eigenvalue weighted by Gasteiger charge is -2.21. The zero-order valence-electron chi connectivity index (χ0n) is 11.2. The molecule has 0 atom stereocenters. The van der Waals surface area contributed by atoms with Gasteiger partial charge in [0.25, 0.3) is 0 Å². The Morgan fingerprint density at radius 3 is 2.47 bits per heavy atom. The molecule has 0 bridgehead atoms. The first-order chi connectivity index (χ1) is 8.84. The first-order valence-electron chi connectivity index (χ1n) is 5.83. The molecule has 1 N–H and O–H groups in total. The first kappa shape index (κ1) is 15.2. The van der Waals surface area contributed by atoms with E-state index in [0.29, 0.717) is 0 Å². The quantitative estimate of drug-likeness (QED) is 0.659. The van der Waals surface area contributed by atoms with Crippen molar-refractivity contribution in [2.75, 3.05) is 12.4 Å². The monoisotopic (exact) mass is 451 g/mol. The zero-order chi connectivity index (χ0) is 14.2. The zero-order valence-corrected chi connectivity index (χ0v) is 15.8. The second-order valence-electron chi connectivity index (χ2n) is 5.16. The van der Waals surface area contributed by atoms with Crippen molar-refractivity contribution >= 4 is 55.7 Å². The molecule has 0 fully saturated rings. The molecule has 2 aromatic heterocycles. The number of halogens is 2. The predicted molar refractivity (Wildman–Crippen MR) is 94.0 cm³/mol.